The molecule has 0 saturated heterocycles. The minimum atomic E-state index is -0.298. The molecule has 3 heteroatoms. The molecule has 0 amide bonds. The molecule has 0 spiro atoms. The highest BCUT2D eigenvalue weighted by Gasteiger charge is 2.36. The van der Waals surface area contributed by atoms with E-state index in [1.165, 1.54) is 7.11 Å². The standard InChI is InChI=1S/C10H12O3/c1-3-4-7-5-8(6-9(7)11)10(12)13-2/h1,7-8H,4-6H2,2H3/t7-,8+/m0/s1. The summed E-state index contributed by atoms with van der Waals surface area (Å²) in [6.07, 6.45) is 6.39. The molecular weight excluding hydrogens is 168 g/mol. The second-order valence-electron chi connectivity index (χ2n) is 3.23. The van der Waals surface area contributed by atoms with Gasteiger partial charge >= 0.3 is 5.97 Å². The average Bonchev–Trinajstić information content (AvgIpc) is 2.47. The lowest BCUT2D eigenvalue weighted by molar-refractivity contribution is -0.145. The third-order valence-electron chi connectivity index (χ3n) is 2.37. The van der Waals surface area contributed by atoms with Crippen LogP contribution in [0, 0.1) is 24.2 Å². The number of terminal acetylenes is 1. The Hall–Kier alpha value is -1.30. The molecule has 0 radical (unpaired) electrons. The zero-order chi connectivity index (χ0) is 9.84. The maximum absolute atomic E-state index is 11.3. The van der Waals surface area contributed by atoms with E-state index in [-0.39, 0.29) is 23.6 Å². The molecule has 0 bridgehead atoms. The number of rotatable bonds is 2. The van der Waals surface area contributed by atoms with Crippen molar-refractivity contribution in [3.8, 4) is 12.3 Å². The van der Waals surface area contributed by atoms with Gasteiger partial charge in [0.2, 0.25) is 0 Å². The van der Waals surface area contributed by atoms with E-state index in [9.17, 15) is 9.59 Å². The van der Waals surface area contributed by atoms with Gasteiger partial charge in [-0.1, -0.05) is 0 Å². The summed E-state index contributed by atoms with van der Waals surface area (Å²) in [5.74, 6) is 1.84. The molecule has 0 aromatic heterocycles. The second-order valence-corrected chi connectivity index (χ2v) is 3.23. The summed E-state index contributed by atoms with van der Waals surface area (Å²) >= 11 is 0. The molecule has 0 unspecified atom stereocenters. The molecule has 13 heavy (non-hydrogen) atoms. The van der Waals surface area contributed by atoms with Crippen LogP contribution in [0.1, 0.15) is 19.3 Å². The zero-order valence-corrected chi connectivity index (χ0v) is 7.58. The molecule has 1 saturated carbocycles. The third-order valence-corrected chi connectivity index (χ3v) is 2.37. The fourth-order valence-electron chi connectivity index (χ4n) is 1.65. The van der Waals surface area contributed by atoms with Crippen LogP contribution in [0.2, 0.25) is 0 Å². The smallest absolute Gasteiger partial charge is 0.309 e. The van der Waals surface area contributed by atoms with Gasteiger partial charge in [-0.2, -0.15) is 0 Å². The van der Waals surface area contributed by atoms with E-state index in [1.807, 2.05) is 0 Å². The number of ether oxygens (including phenoxy) is 1. The van der Waals surface area contributed by atoms with Crippen molar-refractivity contribution >= 4 is 11.8 Å². The number of Topliss-reactive ketones (excluding diaryl/α,β-unsaturated/α-hetero) is 1. The van der Waals surface area contributed by atoms with Gasteiger partial charge in [0.25, 0.3) is 0 Å². The lowest BCUT2D eigenvalue weighted by Gasteiger charge is -2.05. The summed E-state index contributed by atoms with van der Waals surface area (Å²) in [5.41, 5.74) is 0. The number of hydrogen-bond acceptors (Lipinski definition) is 3. The van der Waals surface area contributed by atoms with Crippen LogP contribution < -0.4 is 0 Å². The minimum Gasteiger partial charge on any atom is -0.469 e. The first-order valence-corrected chi connectivity index (χ1v) is 4.23. The van der Waals surface area contributed by atoms with E-state index in [2.05, 4.69) is 10.7 Å². The predicted molar refractivity (Wildman–Crippen MR) is 46.7 cm³/mol. The SMILES string of the molecule is C#CC[C@H]1C[C@@H](C(=O)OC)CC1=O. The monoisotopic (exact) mass is 180 g/mol. The van der Waals surface area contributed by atoms with Crippen LogP contribution in [0.3, 0.4) is 0 Å². The summed E-state index contributed by atoms with van der Waals surface area (Å²) in [6, 6.07) is 0. The Kier molecular flexibility index (Phi) is 3.07. The van der Waals surface area contributed by atoms with Gasteiger partial charge in [0, 0.05) is 18.8 Å². The van der Waals surface area contributed by atoms with Crippen LogP contribution in [0.5, 0.6) is 0 Å². The quantitative estimate of drug-likeness (QED) is 0.466. The summed E-state index contributed by atoms with van der Waals surface area (Å²) in [6.45, 7) is 0. The Morgan fingerprint density at radius 3 is 3.00 bits per heavy atom. The van der Waals surface area contributed by atoms with E-state index in [4.69, 9.17) is 6.42 Å². The van der Waals surface area contributed by atoms with E-state index in [1.54, 1.807) is 0 Å². The first-order chi connectivity index (χ1) is 6.19. The Balaban J connectivity index is 2.55. The van der Waals surface area contributed by atoms with Crippen molar-refractivity contribution in [1.29, 1.82) is 0 Å². The maximum atomic E-state index is 11.3. The van der Waals surface area contributed by atoms with Crippen molar-refractivity contribution in [2.45, 2.75) is 19.3 Å². The van der Waals surface area contributed by atoms with Crippen molar-refractivity contribution in [3.63, 3.8) is 0 Å². The highest BCUT2D eigenvalue weighted by Crippen LogP contribution is 2.30. The molecule has 0 aromatic rings. The first kappa shape index (κ1) is 9.79. The normalized spacial score (nSPS) is 26.9. The minimum absolute atomic E-state index is 0.0911. The molecule has 0 aromatic carbocycles. The summed E-state index contributed by atoms with van der Waals surface area (Å²) in [4.78, 5) is 22.4. The van der Waals surface area contributed by atoms with Crippen molar-refractivity contribution in [2.24, 2.45) is 11.8 Å². The number of esters is 1. The Morgan fingerprint density at radius 1 is 1.77 bits per heavy atom. The molecule has 0 N–H and O–H groups in total. The molecule has 1 fully saturated rings. The number of ketones is 1. The van der Waals surface area contributed by atoms with Crippen molar-refractivity contribution in [1.82, 2.24) is 0 Å². The number of carbonyl (C=O) groups excluding carboxylic acids is 2. The largest absolute Gasteiger partial charge is 0.469 e. The predicted octanol–water partition coefficient (Wildman–Crippen LogP) is 0.778. The van der Waals surface area contributed by atoms with Gasteiger partial charge in [-0.05, 0) is 6.42 Å². The molecule has 0 aliphatic heterocycles. The van der Waals surface area contributed by atoms with Crippen LogP contribution >= 0.6 is 0 Å². The van der Waals surface area contributed by atoms with Crippen molar-refractivity contribution in [3.05, 3.63) is 0 Å². The highest BCUT2D eigenvalue weighted by atomic mass is 16.5. The first-order valence-electron chi connectivity index (χ1n) is 4.23. The molecule has 0 heterocycles. The fourth-order valence-corrected chi connectivity index (χ4v) is 1.65. The van der Waals surface area contributed by atoms with Gasteiger partial charge in [0.15, 0.2) is 0 Å². The molecule has 1 aliphatic carbocycles. The topological polar surface area (TPSA) is 43.4 Å². The van der Waals surface area contributed by atoms with Crippen LogP contribution in [0.25, 0.3) is 0 Å². The second kappa shape index (κ2) is 4.08. The van der Waals surface area contributed by atoms with Gasteiger partial charge in [-0.3, -0.25) is 9.59 Å². The number of carbonyl (C=O) groups is 2. The molecular formula is C10H12O3. The summed E-state index contributed by atoms with van der Waals surface area (Å²) in [5, 5.41) is 0. The van der Waals surface area contributed by atoms with Gasteiger partial charge in [0.05, 0.1) is 13.0 Å². The average molecular weight is 180 g/mol. The van der Waals surface area contributed by atoms with Gasteiger partial charge in [0.1, 0.15) is 5.78 Å². The number of methoxy groups -OCH3 is 1. The molecule has 2 atom stereocenters. The molecule has 1 aliphatic rings. The van der Waals surface area contributed by atoms with Crippen molar-refractivity contribution < 1.29 is 14.3 Å². The lowest BCUT2D eigenvalue weighted by Crippen LogP contribution is -2.12. The van der Waals surface area contributed by atoms with Gasteiger partial charge < -0.3 is 4.74 Å². The number of hydrogen-bond donors (Lipinski definition) is 0. The molecule has 3 nitrogen and oxygen atoms in total. The summed E-state index contributed by atoms with van der Waals surface area (Å²) < 4.78 is 4.57. The maximum Gasteiger partial charge on any atom is 0.309 e. The van der Waals surface area contributed by atoms with E-state index >= 15 is 0 Å². The lowest BCUT2D eigenvalue weighted by atomic mass is 10.0. The summed E-state index contributed by atoms with van der Waals surface area (Å²) in [7, 11) is 1.33. The Morgan fingerprint density at radius 2 is 2.46 bits per heavy atom. The zero-order valence-electron chi connectivity index (χ0n) is 7.58. The van der Waals surface area contributed by atoms with Crippen LogP contribution in [0.15, 0.2) is 0 Å². The van der Waals surface area contributed by atoms with Crippen molar-refractivity contribution in [2.75, 3.05) is 7.11 Å². The Labute approximate surface area is 77.5 Å². The van der Waals surface area contributed by atoms with Crippen LogP contribution in [-0.4, -0.2) is 18.9 Å². The van der Waals surface area contributed by atoms with E-state index in [0.717, 1.165) is 0 Å². The van der Waals surface area contributed by atoms with E-state index < -0.39 is 0 Å². The van der Waals surface area contributed by atoms with Crippen LogP contribution in [-0.2, 0) is 14.3 Å². The fraction of sp³-hybridized carbons (Fsp3) is 0.600. The third kappa shape index (κ3) is 2.09. The highest BCUT2D eigenvalue weighted by molar-refractivity contribution is 5.89. The molecule has 70 valence electrons. The van der Waals surface area contributed by atoms with Crippen LogP contribution in [0.4, 0.5) is 0 Å². The van der Waals surface area contributed by atoms with Gasteiger partial charge in [-0.15, -0.1) is 12.3 Å². The molecule has 1 rings (SSSR count). The Bertz CT molecular complexity index is 262. The van der Waals surface area contributed by atoms with E-state index in [0.29, 0.717) is 19.3 Å². The van der Waals surface area contributed by atoms with Gasteiger partial charge in [-0.25, -0.2) is 0 Å².